The fraction of sp³-hybridized carbons (Fsp3) is 0.500. The highest BCUT2D eigenvalue weighted by Gasteiger charge is 2.19. The summed E-state index contributed by atoms with van der Waals surface area (Å²) in [5.41, 5.74) is 6.30. The number of carbonyl (C=O) groups is 1. The third kappa shape index (κ3) is 3.16. The van der Waals surface area contributed by atoms with Crippen LogP contribution in [0.15, 0.2) is 12.1 Å². The molecule has 0 aromatic heterocycles. The molecule has 2 rings (SSSR count). The number of nitrogen functional groups attached to an aromatic ring is 1. The van der Waals surface area contributed by atoms with Gasteiger partial charge in [-0.05, 0) is 31.9 Å². The van der Waals surface area contributed by atoms with E-state index in [0.717, 1.165) is 25.7 Å². The molecule has 5 heteroatoms. The Morgan fingerprint density at radius 3 is 2.79 bits per heavy atom. The SMILES string of the molecule is CCOC(=O)c1cc(NC2CCCC2)c(F)cc1N. The van der Waals surface area contributed by atoms with Gasteiger partial charge in [0.05, 0.1) is 17.9 Å². The van der Waals surface area contributed by atoms with Crippen molar-refractivity contribution in [1.29, 1.82) is 0 Å². The first-order chi connectivity index (χ1) is 9.11. The number of esters is 1. The summed E-state index contributed by atoms with van der Waals surface area (Å²) >= 11 is 0. The summed E-state index contributed by atoms with van der Waals surface area (Å²) in [7, 11) is 0. The molecule has 0 atom stereocenters. The molecule has 0 radical (unpaired) electrons. The van der Waals surface area contributed by atoms with Crippen LogP contribution in [0.1, 0.15) is 43.0 Å². The first-order valence-corrected chi connectivity index (χ1v) is 6.64. The lowest BCUT2D eigenvalue weighted by molar-refractivity contribution is 0.0527. The van der Waals surface area contributed by atoms with E-state index >= 15 is 0 Å². The van der Waals surface area contributed by atoms with Crippen molar-refractivity contribution in [3.63, 3.8) is 0 Å². The van der Waals surface area contributed by atoms with Crippen LogP contribution < -0.4 is 11.1 Å². The van der Waals surface area contributed by atoms with Gasteiger partial charge in [0.25, 0.3) is 0 Å². The van der Waals surface area contributed by atoms with Crippen molar-refractivity contribution in [2.24, 2.45) is 0 Å². The zero-order valence-corrected chi connectivity index (χ0v) is 11.0. The number of carbonyl (C=O) groups excluding carboxylic acids is 1. The molecule has 1 saturated carbocycles. The van der Waals surface area contributed by atoms with Crippen molar-refractivity contribution in [3.05, 3.63) is 23.5 Å². The molecule has 0 unspecified atom stereocenters. The molecule has 3 N–H and O–H groups in total. The standard InChI is InChI=1S/C14H19FN2O2/c1-2-19-14(18)10-7-13(11(15)8-12(10)16)17-9-5-3-4-6-9/h7-9,17H,2-6,16H2,1H3. The smallest absolute Gasteiger partial charge is 0.340 e. The third-order valence-corrected chi connectivity index (χ3v) is 3.35. The highest BCUT2D eigenvalue weighted by Crippen LogP contribution is 2.27. The Balaban J connectivity index is 2.22. The van der Waals surface area contributed by atoms with Gasteiger partial charge in [-0.15, -0.1) is 0 Å². The van der Waals surface area contributed by atoms with Crippen LogP contribution in [0.3, 0.4) is 0 Å². The van der Waals surface area contributed by atoms with Crippen LogP contribution in [0.4, 0.5) is 15.8 Å². The average molecular weight is 266 g/mol. The summed E-state index contributed by atoms with van der Waals surface area (Å²) < 4.78 is 18.7. The Morgan fingerprint density at radius 1 is 1.47 bits per heavy atom. The normalized spacial score (nSPS) is 15.5. The van der Waals surface area contributed by atoms with Crippen LogP contribution in [-0.2, 0) is 4.74 Å². The van der Waals surface area contributed by atoms with E-state index in [1.54, 1.807) is 6.92 Å². The van der Waals surface area contributed by atoms with Crippen LogP contribution >= 0.6 is 0 Å². The van der Waals surface area contributed by atoms with E-state index in [0.29, 0.717) is 5.69 Å². The Hall–Kier alpha value is -1.78. The minimum absolute atomic E-state index is 0.105. The van der Waals surface area contributed by atoms with Gasteiger partial charge in [-0.2, -0.15) is 0 Å². The van der Waals surface area contributed by atoms with E-state index in [1.165, 1.54) is 12.1 Å². The van der Waals surface area contributed by atoms with Gasteiger partial charge in [-0.1, -0.05) is 12.8 Å². The van der Waals surface area contributed by atoms with Gasteiger partial charge in [-0.3, -0.25) is 0 Å². The Kier molecular flexibility index (Phi) is 4.24. The molecule has 0 amide bonds. The second-order valence-electron chi connectivity index (χ2n) is 4.77. The van der Waals surface area contributed by atoms with Crippen molar-refractivity contribution >= 4 is 17.3 Å². The topological polar surface area (TPSA) is 64.3 Å². The van der Waals surface area contributed by atoms with Crippen molar-refractivity contribution in [3.8, 4) is 0 Å². The van der Waals surface area contributed by atoms with Crippen LogP contribution in [0, 0.1) is 5.82 Å². The summed E-state index contributed by atoms with van der Waals surface area (Å²) in [5, 5.41) is 3.14. The molecule has 0 spiro atoms. The molecule has 1 aromatic carbocycles. The number of hydrogen-bond donors (Lipinski definition) is 2. The first-order valence-electron chi connectivity index (χ1n) is 6.64. The van der Waals surface area contributed by atoms with Crippen molar-refractivity contribution in [1.82, 2.24) is 0 Å². The molecule has 4 nitrogen and oxygen atoms in total. The van der Waals surface area contributed by atoms with Gasteiger partial charge in [0.15, 0.2) is 0 Å². The van der Waals surface area contributed by atoms with Crippen molar-refractivity contribution < 1.29 is 13.9 Å². The molecule has 1 aliphatic carbocycles. The molecule has 0 aliphatic heterocycles. The Morgan fingerprint density at radius 2 is 2.16 bits per heavy atom. The lowest BCUT2D eigenvalue weighted by Crippen LogP contribution is -2.17. The number of hydrogen-bond acceptors (Lipinski definition) is 4. The van der Waals surface area contributed by atoms with Crippen LogP contribution in [0.2, 0.25) is 0 Å². The molecule has 0 saturated heterocycles. The van der Waals surface area contributed by atoms with E-state index in [2.05, 4.69) is 5.32 Å². The average Bonchev–Trinajstić information content (AvgIpc) is 2.85. The van der Waals surface area contributed by atoms with Gasteiger partial charge in [-0.25, -0.2) is 9.18 Å². The molecular weight excluding hydrogens is 247 g/mol. The van der Waals surface area contributed by atoms with E-state index in [9.17, 15) is 9.18 Å². The minimum Gasteiger partial charge on any atom is -0.462 e. The van der Waals surface area contributed by atoms with Gasteiger partial charge in [0.2, 0.25) is 0 Å². The van der Waals surface area contributed by atoms with Gasteiger partial charge in [0, 0.05) is 11.7 Å². The summed E-state index contributed by atoms with van der Waals surface area (Å²) in [6.07, 6.45) is 4.36. The van der Waals surface area contributed by atoms with Crippen LogP contribution in [0.5, 0.6) is 0 Å². The molecule has 104 valence electrons. The molecule has 0 bridgehead atoms. The van der Waals surface area contributed by atoms with Crippen molar-refractivity contribution in [2.45, 2.75) is 38.6 Å². The zero-order chi connectivity index (χ0) is 13.8. The Bertz CT molecular complexity index is 471. The number of ether oxygens (including phenoxy) is 1. The fourth-order valence-corrected chi connectivity index (χ4v) is 2.37. The third-order valence-electron chi connectivity index (χ3n) is 3.35. The number of benzene rings is 1. The maximum absolute atomic E-state index is 13.8. The second kappa shape index (κ2) is 5.91. The number of halogens is 1. The quantitative estimate of drug-likeness (QED) is 0.649. The predicted molar refractivity (Wildman–Crippen MR) is 72.6 cm³/mol. The van der Waals surface area contributed by atoms with E-state index in [4.69, 9.17) is 10.5 Å². The number of nitrogens with two attached hydrogens (primary N) is 1. The highest BCUT2D eigenvalue weighted by molar-refractivity contribution is 5.96. The molecule has 1 aliphatic rings. The molecule has 0 heterocycles. The van der Waals surface area contributed by atoms with Crippen LogP contribution in [0.25, 0.3) is 0 Å². The lowest BCUT2D eigenvalue weighted by atomic mass is 10.1. The zero-order valence-electron chi connectivity index (χ0n) is 11.0. The number of nitrogens with one attached hydrogen (secondary N) is 1. The fourth-order valence-electron chi connectivity index (χ4n) is 2.37. The molecular formula is C14H19FN2O2. The van der Waals surface area contributed by atoms with Crippen molar-refractivity contribution in [2.75, 3.05) is 17.7 Å². The van der Waals surface area contributed by atoms with E-state index < -0.39 is 11.8 Å². The predicted octanol–water partition coefficient (Wildman–Crippen LogP) is 2.94. The largest absolute Gasteiger partial charge is 0.462 e. The van der Waals surface area contributed by atoms with E-state index in [1.807, 2.05) is 0 Å². The molecule has 1 fully saturated rings. The lowest BCUT2D eigenvalue weighted by Gasteiger charge is -2.16. The maximum Gasteiger partial charge on any atom is 0.340 e. The highest BCUT2D eigenvalue weighted by atomic mass is 19.1. The van der Waals surface area contributed by atoms with Gasteiger partial charge in [0.1, 0.15) is 5.82 Å². The summed E-state index contributed by atoms with van der Waals surface area (Å²) in [6, 6.07) is 2.89. The van der Waals surface area contributed by atoms with Gasteiger partial charge < -0.3 is 15.8 Å². The molecule has 1 aromatic rings. The Labute approximate surface area is 112 Å². The number of anilines is 2. The summed E-state index contributed by atoms with van der Waals surface area (Å²) in [5.74, 6) is -0.952. The number of rotatable bonds is 4. The monoisotopic (exact) mass is 266 g/mol. The maximum atomic E-state index is 13.8. The minimum atomic E-state index is -0.519. The second-order valence-corrected chi connectivity index (χ2v) is 4.77. The molecule has 19 heavy (non-hydrogen) atoms. The van der Waals surface area contributed by atoms with Gasteiger partial charge >= 0.3 is 5.97 Å². The van der Waals surface area contributed by atoms with E-state index in [-0.39, 0.29) is 23.9 Å². The summed E-state index contributed by atoms with van der Waals surface area (Å²) in [4.78, 5) is 11.7. The summed E-state index contributed by atoms with van der Waals surface area (Å²) in [6.45, 7) is 1.98. The van der Waals surface area contributed by atoms with Crippen LogP contribution in [-0.4, -0.2) is 18.6 Å². The first kappa shape index (κ1) is 13.6.